The first kappa shape index (κ1) is 11.5. The Kier molecular flexibility index (Phi) is 2.95. The van der Waals surface area contributed by atoms with E-state index in [0.29, 0.717) is 23.0 Å². The Hall–Kier alpha value is -1.00. The van der Waals surface area contributed by atoms with Crippen LogP contribution in [0.2, 0.25) is 0 Å². The molecule has 0 saturated heterocycles. The second-order valence-corrected chi connectivity index (χ2v) is 4.62. The monoisotopic (exact) mass is 226 g/mol. The van der Waals surface area contributed by atoms with Gasteiger partial charge in [-0.25, -0.2) is 8.78 Å². The normalized spacial score (nSPS) is 25.6. The Balaban J connectivity index is 2.35. The minimum Gasteiger partial charge on any atom is -0.271 e. The molecule has 1 saturated carbocycles. The lowest BCUT2D eigenvalue weighted by atomic mass is 9.99. The number of nitrogens with one attached hydrogen (secondary N) is 1. The topological polar surface area (TPSA) is 38.0 Å². The molecule has 1 aromatic rings. The fourth-order valence-corrected chi connectivity index (χ4v) is 2.16. The first-order valence-corrected chi connectivity index (χ1v) is 5.47. The zero-order chi connectivity index (χ0) is 11.9. The Morgan fingerprint density at radius 2 is 2.00 bits per heavy atom. The molecule has 0 heterocycles. The number of halogens is 2. The van der Waals surface area contributed by atoms with Gasteiger partial charge < -0.3 is 0 Å². The van der Waals surface area contributed by atoms with E-state index in [1.54, 1.807) is 19.1 Å². The third-order valence-corrected chi connectivity index (χ3v) is 3.42. The van der Waals surface area contributed by atoms with Crippen molar-refractivity contribution in [3.8, 4) is 0 Å². The van der Waals surface area contributed by atoms with Crippen LogP contribution in [0, 0.1) is 30.4 Å². The summed E-state index contributed by atoms with van der Waals surface area (Å²) in [6.45, 7) is 3.63. The van der Waals surface area contributed by atoms with Gasteiger partial charge in [-0.3, -0.25) is 11.3 Å². The largest absolute Gasteiger partial charge is 0.271 e. The van der Waals surface area contributed by atoms with Gasteiger partial charge in [-0.1, -0.05) is 19.1 Å². The molecule has 3 unspecified atom stereocenters. The van der Waals surface area contributed by atoms with Gasteiger partial charge in [-0.05, 0) is 30.7 Å². The summed E-state index contributed by atoms with van der Waals surface area (Å²) in [5.41, 5.74) is 3.25. The van der Waals surface area contributed by atoms with Crippen molar-refractivity contribution in [2.24, 2.45) is 17.7 Å². The first-order chi connectivity index (χ1) is 7.56. The molecule has 1 fully saturated rings. The summed E-state index contributed by atoms with van der Waals surface area (Å²) >= 11 is 0. The van der Waals surface area contributed by atoms with Crippen LogP contribution in [0.3, 0.4) is 0 Å². The van der Waals surface area contributed by atoms with E-state index >= 15 is 0 Å². The van der Waals surface area contributed by atoms with Gasteiger partial charge >= 0.3 is 0 Å². The van der Waals surface area contributed by atoms with Crippen molar-refractivity contribution >= 4 is 0 Å². The van der Waals surface area contributed by atoms with Crippen LogP contribution in [0.1, 0.15) is 30.5 Å². The van der Waals surface area contributed by atoms with E-state index in [-0.39, 0.29) is 6.04 Å². The highest BCUT2D eigenvalue weighted by atomic mass is 19.2. The van der Waals surface area contributed by atoms with Gasteiger partial charge in [0, 0.05) is 5.56 Å². The SMILES string of the molecule is Cc1ccc(C(NN)C2CC2C)c(F)c1F. The van der Waals surface area contributed by atoms with Crippen LogP contribution >= 0.6 is 0 Å². The van der Waals surface area contributed by atoms with E-state index in [9.17, 15) is 8.78 Å². The maximum absolute atomic E-state index is 13.7. The van der Waals surface area contributed by atoms with Gasteiger partial charge in [0.05, 0.1) is 6.04 Å². The second kappa shape index (κ2) is 4.11. The molecular weight excluding hydrogens is 210 g/mol. The number of benzene rings is 1. The molecule has 3 atom stereocenters. The van der Waals surface area contributed by atoms with Crippen LogP contribution in [0.4, 0.5) is 8.78 Å². The molecule has 0 aromatic heterocycles. The smallest absolute Gasteiger partial charge is 0.163 e. The first-order valence-electron chi connectivity index (χ1n) is 5.47. The molecular formula is C12H16F2N2. The van der Waals surface area contributed by atoms with E-state index in [0.717, 1.165) is 6.42 Å². The summed E-state index contributed by atoms with van der Waals surface area (Å²) in [5, 5.41) is 0. The van der Waals surface area contributed by atoms with Crippen LogP contribution in [-0.2, 0) is 0 Å². The molecule has 0 spiro atoms. The molecule has 0 amide bonds. The average Bonchev–Trinajstić information content (AvgIpc) is 2.97. The lowest BCUT2D eigenvalue weighted by molar-refractivity contribution is 0.429. The Morgan fingerprint density at radius 3 is 2.50 bits per heavy atom. The molecule has 1 aromatic carbocycles. The van der Waals surface area contributed by atoms with Crippen molar-refractivity contribution in [3.05, 3.63) is 34.9 Å². The molecule has 1 aliphatic carbocycles. The maximum atomic E-state index is 13.7. The van der Waals surface area contributed by atoms with Crippen molar-refractivity contribution < 1.29 is 8.78 Å². The maximum Gasteiger partial charge on any atom is 0.163 e. The average molecular weight is 226 g/mol. The van der Waals surface area contributed by atoms with Gasteiger partial charge in [0.2, 0.25) is 0 Å². The van der Waals surface area contributed by atoms with Crippen LogP contribution < -0.4 is 11.3 Å². The Morgan fingerprint density at radius 1 is 1.38 bits per heavy atom. The molecule has 16 heavy (non-hydrogen) atoms. The van der Waals surface area contributed by atoms with E-state index in [4.69, 9.17) is 5.84 Å². The van der Waals surface area contributed by atoms with Gasteiger partial charge in [-0.15, -0.1) is 0 Å². The lowest BCUT2D eigenvalue weighted by Crippen LogP contribution is -2.30. The summed E-state index contributed by atoms with van der Waals surface area (Å²) < 4.78 is 27.2. The van der Waals surface area contributed by atoms with Crippen molar-refractivity contribution in [1.82, 2.24) is 5.43 Å². The van der Waals surface area contributed by atoms with Crippen molar-refractivity contribution in [1.29, 1.82) is 0 Å². The van der Waals surface area contributed by atoms with Crippen LogP contribution in [0.15, 0.2) is 12.1 Å². The molecule has 3 N–H and O–H groups in total. The predicted octanol–water partition coefficient (Wildman–Crippen LogP) is 2.43. The molecule has 88 valence electrons. The predicted molar refractivity (Wildman–Crippen MR) is 58.4 cm³/mol. The van der Waals surface area contributed by atoms with Crippen molar-refractivity contribution in [3.63, 3.8) is 0 Å². The van der Waals surface area contributed by atoms with Gasteiger partial charge in [-0.2, -0.15) is 0 Å². The summed E-state index contributed by atoms with van der Waals surface area (Å²) in [5.74, 6) is 4.70. The third kappa shape index (κ3) is 1.83. The molecule has 1 aliphatic rings. The molecule has 2 nitrogen and oxygen atoms in total. The molecule has 0 aliphatic heterocycles. The molecule has 0 radical (unpaired) electrons. The number of rotatable bonds is 3. The molecule has 4 heteroatoms. The third-order valence-electron chi connectivity index (χ3n) is 3.42. The van der Waals surface area contributed by atoms with Gasteiger partial charge in [0.1, 0.15) is 0 Å². The van der Waals surface area contributed by atoms with Crippen LogP contribution in [-0.4, -0.2) is 0 Å². The van der Waals surface area contributed by atoms with Gasteiger partial charge in [0.25, 0.3) is 0 Å². The number of hydrogen-bond donors (Lipinski definition) is 2. The standard InChI is InChI=1S/C12H16F2N2/c1-6-3-4-8(11(14)10(6)13)12(16-15)9-5-7(9)2/h3-4,7,9,12,16H,5,15H2,1-2H3. The van der Waals surface area contributed by atoms with Gasteiger partial charge in [0.15, 0.2) is 11.6 Å². The summed E-state index contributed by atoms with van der Waals surface area (Å²) in [6, 6.07) is 2.92. The summed E-state index contributed by atoms with van der Waals surface area (Å²) in [4.78, 5) is 0. The second-order valence-electron chi connectivity index (χ2n) is 4.62. The minimum absolute atomic E-state index is 0.287. The fourth-order valence-electron chi connectivity index (χ4n) is 2.16. The van der Waals surface area contributed by atoms with Crippen LogP contribution in [0.5, 0.6) is 0 Å². The van der Waals surface area contributed by atoms with Crippen molar-refractivity contribution in [2.45, 2.75) is 26.3 Å². The van der Waals surface area contributed by atoms with E-state index < -0.39 is 11.6 Å². The highest BCUT2D eigenvalue weighted by Crippen LogP contribution is 2.47. The lowest BCUT2D eigenvalue weighted by Gasteiger charge is -2.17. The number of aryl methyl sites for hydroxylation is 1. The zero-order valence-electron chi connectivity index (χ0n) is 9.43. The Labute approximate surface area is 93.8 Å². The highest BCUT2D eigenvalue weighted by Gasteiger charge is 2.41. The minimum atomic E-state index is -0.776. The number of nitrogens with two attached hydrogens (primary N) is 1. The van der Waals surface area contributed by atoms with Crippen LogP contribution in [0.25, 0.3) is 0 Å². The summed E-state index contributed by atoms with van der Waals surface area (Å²) in [7, 11) is 0. The molecule has 2 rings (SSSR count). The Bertz CT molecular complexity index is 406. The van der Waals surface area contributed by atoms with E-state index in [1.807, 2.05) is 0 Å². The fraction of sp³-hybridized carbons (Fsp3) is 0.500. The highest BCUT2D eigenvalue weighted by molar-refractivity contribution is 5.29. The van der Waals surface area contributed by atoms with E-state index in [1.165, 1.54) is 0 Å². The quantitative estimate of drug-likeness (QED) is 0.613. The number of hydrazine groups is 1. The van der Waals surface area contributed by atoms with Crippen molar-refractivity contribution in [2.75, 3.05) is 0 Å². The number of hydrogen-bond acceptors (Lipinski definition) is 2. The summed E-state index contributed by atoms with van der Waals surface area (Å²) in [6.07, 6.45) is 1.00. The van der Waals surface area contributed by atoms with E-state index in [2.05, 4.69) is 12.3 Å². The molecule has 0 bridgehead atoms. The zero-order valence-corrected chi connectivity index (χ0v) is 9.43.